The van der Waals surface area contributed by atoms with Crippen LogP contribution in [0.3, 0.4) is 0 Å². The Kier molecular flexibility index (Phi) is 4.31. The van der Waals surface area contributed by atoms with Crippen LogP contribution in [0, 0.1) is 0 Å². The maximum Gasteiger partial charge on any atom is 0.488 e. The standard InChI is InChI=1S/C24H22BNO2/c27-25(28)19-9-5-7-17(15-19)18-8-6-10-20(16-18)26-23-13-3-1-11-21(23)22-12-2-4-14-24(22)26/h1-3,5-13,15-16,22,24,27-28H,4,14H2. The minimum Gasteiger partial charge on any atom is -0.423 e. The highest BCUT2D eigenvalue weighted by Crippen LogP contribution is 2.49. The summed E-state index contributed by atoms with van der Waals surface area (Å²) in [6, 6.07) is 25.1. The van der Waals surface area contributed by atoms with Crippen LogP contribution in [0.15, 0.2) is 84.9 Å². The summed E-state index contributed by atoms with van der Waals surface area (Å²) in [7, 11) is -1.46. The molecule has 1 heterocycles. The van der Waals surface area contributed by atoms with Crippen LogP contribution in [0.2, 0.25) is 0 Å². The molecule has 0 saturated heterocycles. The molecule has 3 aromatic rings. The normalized spacial score (nSPS) is 20.0. The second-order valence-corrected chi connectivity index (χ2v) is 7.58. The van der Waals surface area contributed by atoms with Crippen molar-refractivity contribution in [1.82, 2.24) is 0 Å². The van der Waals surface area contributed by atoms with Crippen molar-refractivity contribution in [3.63, 3.8) is 0 Å². The van der Waals surface area contributed by atoms with E-state index < -0.39 is 7.12 Å². The quantitative estimate of drug-likeness (QED) is 0.544. The molecule has 1 aliphatic heterocycles. The molecule has 2 atom stereocenters. The fraction of sp³-hybridized carbons (Fsp3) is 0.167. The maximum absolute atomic E-state index is 9.50. The van der Waals surface area contributed by atoms with Gasteiger partial charge in [0.05, 0.1) is 0 Å². The Bertz CT molecular complexity index is 1050. The van der Waals surface area contributed by atoms with Crippen LogP contribution in [0.4, 0.5) is 11.4 Å². The highest BCUT2D eigenvalue weighted by molar-refractivity contribution is 6.58. The lowest BCUT2D eigenvalue weighted by molar-refractivity contribution is 0.426. The second-order valence-electron chi connectivity index (χ2n) is 7.58. The molecule has 0 radical (unpaired) electrons. The number of anilines is 2. The van der Waals surface area contributed by atoms with Crippen LogP contribution >= 0.6 is 0 Å². The predicted molar refractivity (Wildman–Crippen MR) is 115 cm³/mol. The summed E-state index contributed by atoms with van der Waals surface area (Å²) >= 11 is 0. The SMILES string of the molecule is OB(O)c1cccc(-c2cccc(N3c4ccccc4C4C=CCCC43)c2)c1. The van der Waals surface area contributed by atoms with E-state index in [0.717, 1.165) is 24.0 Å². The molecule has 0 spiro atoms. The average molecular weight is 367 g/mol. The number of hydrogen-bond acceptors (Lipinski definition) is 3. The zero-order chi connectivity index (χ0) is 19.1. The number of rotatable bonds is 3. The van der Waals surface area contributed by atoms with Gasteiger partial charge in [-0.25, -0.2) is 0 Å². The maximum atomic E-state index is 9.50. The first kappa shape index (κ1) is 17.3. The summed E-state index contributed by atoms with van der Waals surface area (Å²) in [5.74, 6) is 0.446. The Morgan fingerprint density at radius 2 is 1.64 bits per heavy atom. The number of benzene rings is 3. The van der Waals surface area contributed by atoms with Gasteiger partial charge in [0.15, 0.2) is 0 Å². The van der Waals surface area contributed by atoms with Crippen molar-refractivity contribution >= 4 is 24.0 Å². The third-order valence-electron chi connectivity index (χ3n) is 5.92. The Morgan fingerprint density at radius 3 is 2.50 bits per heavy atom. The molecule has 1 aliphatic carbocycles. The topological polar surface area (TPSA) is 43.7 Å². The Morgan fingerprint density at radius 1 is 0.857 bits per heavy atom. The molecule has 0 bridgehead atoms. The van der Waals surface area contributed by atoms with E-state index in [1.54, 1.807) is 6.07 Å². The van der Waals surface area contributed by atoms with Crippen molar-refractivity contribution in [1.29, 1.82) is 0 Å². The van der Waals surface area contributed by atoms with Gasteiger partial charge in [-0.15, -0.1) is 0 Å². The fourth-order valence-electron chi connectivity index (χ4n) is 4.63. The van der Waals surface area contributed by atoms with E-state index in [0.29, 0.717) is 17.4 Å². The van der Waals surface area contributed by atoms with Crippen LogP contribution in [0.1, 0.15) is 24.3 Å². The monoisotopic (exact) mass is 367 g/mol. The van der Waals surface area contributed by atoms with Gasteiger partial charge in [-0.1, -0.05) is 66.7 Å². The number of hydrogen-bond donors (Lipinski definition) is 2. The van der Waals surface area contributed by atoms with Gasteiger partial charge in [0.2, 0.25) is 0 Å². The summed E-state index contributed by atoms with van der Waals surface area (Å²) in [5, 5.41) is 19.0. The Labute approximate surface area is 165 Å². The summed E-state index contributed by atoms with van der Waals surface area (Å²) in [4.78, 5) is 2.48. The highest BCUT2D eigenvalue weighted by atomic mass is 16.4. The summed E-state index contributed by atoms with van der Waals surface area (Å²) in [6.45, 7) is 0. The fourth-order valence-corrected chi connectivity index (χ4v) is 4.63. The lowest BCUT2D eigenvalue weighted by Crippen LogP contribution is -2.30. The smallest absolute Gasteiger partial charge is 0.423 e. The van der Waals surface area contributed by atoms with Crippen molar-refractivity contribution in [3.05, 3.63) is 90.5 Å². The average Bonchev–Trinajstić information content (AvgIpc) is 3.08. The number of fused-ring (bicyclic) bond motifs is 3. The van der Waals surface area contributed by atoms with Crippen molar-refractivity contribution in [2.75, 3.05) is 4.90 Å². The number of para-hydroxylation sites is 1. The Hall–Kier alpha value is -2.82. The predicted octanol–water partition coefficient (Wildman–Crippen LogP) is 3.99. The van der Waals surface area contributed by atoms with Gasteiger partial charge in [-0.05, 0) is 53.2 Å². The van der Waals surface area contributed by atoms with Crippen molar-refractivity contribution < 1.29 is 10.0 Å². The van der Waals surface area contributed by atoms with Gasteiger partial charge in [0.1, 0.15) is 0 Å². The van der Waals surface area contributed by atoms with Crippen molar-refractivity contribution in [2.45, 2.75) is 24.8 Å². The number of allylic oxidation sites excluding steroid dienone is 1. The molecule has 0 amide bonds. The third kappa shape index (κ3) is 2.86. The molecule has 28 heavy (non-hydrogen) atoms. The zero-order valence-electron chi connectivity index (χ0n) is 15.6. The largest absolute Gasteiger partial charge is 0.488 e. The van der Waals surface area contributed by atoms with Crippen LogP contribution in [0.25, 0.3) is 11.1 Å². The van der Waals surface area contributed by atoms with E-state index >= 15 is 0 Å². The molecule has 5 rings (SSSR count). The molecule has 4 heteroatoms. The molecule has 0 saturated carbocycles. The minimum absolute atomic E-state index is 0.446. The summed E-state index contributed by atoms with van der Waals surface area (Å²) < 4.78 is 0. The lowest BCUT2D eigenvalue weighted by atomic mass is 9.79. The molecular weight excluding hydrogens is 345 g/mol. The van der Waals surface area contributed by atoms with Crippen LogP contribution < -0.4 is 10.4 Å². The van der Waals surface area contributed by atoms with Gasteiger partial charge in [-0.2, -0.15) is 0 Å². The van der Waals surface area contributed by atoms with Gasteiger partial charge in [0, 0.05) is 23.3 Å². The van der Waals surface area contributed by atoms with E-state index in [1.165, 1.54) is 16.9 Å². The molecule has 0 aromatic heterocycles. The lowest BCUT2D eigenvalue weighted by Gasteiger charge is -2.31. The second kappa shape index (κ2) is 6.97. The van der Waals surface area contributed by atoms with Crippen molar-refractivity contribution in [2.24, 2.45) is 0 Å². The molecule has 2 aliphatic rings. The minimum atomic E-state index is -1.46. The first-order valence-electron chi connectivity index (χ1n) is 9.84. The van der Waals surface area contributed by atoms with E-state index in [-0.39, 0.29) is 0 Å². The molecule has 3 aromatic carbocycles. The molecule has 2 unspecified atom stereocenters. The van der Waals surface area contributed by atoms with Crippen LogP contribution in [0.5, 0.6) is 0 Å². The van der Waals surface area contributed by atoms with E-state index in [2.05, 4.69) is 65.6 Å². The van der Waals surface area contributed by atoms with Crippen LogP contribution in [-0.2, 0) is 0 Å². The molecule has 0 fully saturated rings. The van der Waals surface area contributed by atoms with E-state index in [1.807, 2.05) is 18.2 Å². The van der Waals surface area contributed by atoms with Crippen molar-refractivity contribution in [3.8, 4) is 11.1 Å². The number of nitrogens with zero attached hydrogens (tertiary/aromatic N) is 1. The zero-order valence-corrected chi connectivity index (χ0v) is 15.6. The first-order chi connectivity index (χ1) is 13.7. The molecular formula is C24H22BNO2. The van der Waals surface area contributed by atoms with E-state index in [4.69, 9.17) is 0 Å². The van der Waals surface area contributed by atoms with Gasteiger partial charge in [-0.3, -0.25) is 0 Å². The van der Waals surface area contributed by atoms with Crippen LogP contribution in [-0.4, -0.2) is 23.2 Å². The van der Waals surface area contributed by atoms with Gasteiger partial charge < -0.3 is 14.9 Å². The Balaban J connectivity index is 1.58. The summed E-state index contributed by atoms with van der Waals surface area (Å²) in [5.41, 5.74) is 6.45. The molecule has 3 nitrogen and oxygen atoms in total. The summed E-state index contributed by atoms with van der Waals surface area (Å²) in [6.07, 6.45) is 6.93. The third-order valence-corrected chi connectivity index (χ3v) is 5.92. The first-order valence-corrected chi connectivity index (χ1v) is 9.84. The highest BCUT2D eigenvalue weighted by Gasteiger charge is 2.38. The van der Waals surface area contributed by atoms with E-state index in [9.17, 15) is 10.0 Å². The van der Waals surface area contributed by atoms with Gasteiger partial charge in [0.25, 0.3) is 0 Å². The molecule has 2 N–H and O–H groups in total. The molecule has 138 valence electrons. The van der Waals surface area contributed by atoms with Gasteiger partial charge >= 0.3 is 7.12 Å².